The standard InChI is InChI=1S/C13H23NO2/c1-2-3-5-16-6-4-14-13(15)12-8-10-7-11(10)9-12/h10-12H,2-9H2,1H3,(H,14,15). The summed E-state index contributed by atoms with van der Waals surface area (Å²) >= 11 is 0. The van der Waals surface area contributed by atoms with Crippen LogP contribution in [-0.4, -0.2) is 25.7 Å². The highest BCUT2D eigenvalue weighted by Gasteiger charge is 2.47. The van der Waals surface area contributed by atoms with Gasteiger partial charge in [-0.05, 0) is 37.5 Å². The smallest absolute Gasteiger partial charge is 0.223 e. The van der Waals surface area contributed by atoms with E-state index >= 15 is 0 Å². The topological polar surface area (TPSA) is 38.3 Å². The van der Waals surface area contributed by atoms with E-state index in [1.807, 2.05) is 0 Å². The molecule has 0 heterocycles. The minimum atomic E-state index is 0.256. The minimum absolute atomic E-state index is 0.256. The Bertz CT molecular complexity index is 232. The molecule has 0 aliphatic heterocycles. The number of hydrogen-bond acceptors (Lipinski definition) is 2. The largest absolute Gasteiger partial charge is 0.380 e. The van der Waals surface area contributed by atoms with Gasteiger partial charge in [-0.15, -0.1) is 0 Å². The normalized spacial score (nSPS) is 31.2. The van der Waals surface area contributed by atoms with Crippen molar-refractivity contribution in [2.24, 2.45) is 17.8 Å². The predicted molar refractivity (Wildman–Crippen MR) is 63.1 cm³/mol. The first kappa shape index (κ1) is 11.9. The van der Waals surface area contributed by atoms with Gasteiger partial charge in [0.05, 0.1) is 6.61 Å². The number of carbonyl (C=O) groups is 1. The van der Waals surface area contributed by atoms with Crippen LogP contribution < -0.4 is 5.32 Å². The molecular formula is C13H23NO2. The van der Waals surface area contributed by atoms with Crippen LogP contribution >= 0.6 is 0 Å². The Kier molecular flexibility index (Phi) is 4.22. The van der Waals surface area contributed by atoms with Crippen LogP contribution in [0, 0.1) is 17.8 Å². The van der Waals surface area contributed by atoms with Crippen LogP contribution in [0.4, 0.5) is 0 Å². The molecule has 1 amide bonds. The van der Waals surface area contributed by atoms with E-state index < -0.39 is 0 Å². The van der Waals surface area contributed by atoms with E-state index in [-0.39, 0.29) is 5.91 Å². The van der Waals surface area contributed by atoms with Gasteiger partial charge < -0.3 is 10.1 Å². The SMILES string of the molecule is CCCCOCCNC(=O)C1CC2CC2C1. The molecule has 16 heavy (non-hydrogen) atoms. The molecular weight excluding hydrogens is 202 g/mol. The van der Waals surface area contributed by atoms with Crippen LogP contribution in [0.5, 0.6) is 0 Å². The number of nitrogens with one attached hydrogen (secondary N) is 1. The number of hydrogen-bond donors (Lipinski definition) is 1. The van der Waals surface area contributed by atoms with Crippen LogP contribution in [0.1, 0.15) is 39.0 Å². The van der Waals surface area contributed by atoms with Crippen molar-refractivity contribution < 1.29 is 9.53 Å². The van der Waals surface area contributed by atoms with E-state index in [0.29, 0.717) is 19.1 Å². The lowest BCUT2D eigenvalue weighted by Crippen LogP contribution is -2.32. The molecule has 2 rings (SSSR count). The molecule has 0 aromatic heterocycles. The first-order chi connectivity index (χ1) is 7.81. The summed E-state index contributed by atoms with van der Waals surface area (Å²) < 4.78 is 5.40. The van der Waals surface area contributed by atoms with Crippen molar-refractivity contribution in [2.45, 2.75) is 39.0 Å². The average Bonchev–Trinajstić information content (AvgIpc) is 2.90. The molecule has 3 heteroatoms. The molecule has 2 aliphatic rings. The van der Waals surface area contributed by atoms with E-state index in [2.05, 4.69) is 12.2 Å². The third kappa shape index (κ3) is 3.21. The lowest BCUT2D eigenvalue weighted by atomic mass is 10.0. The molecule has 2 aliphatic carbocycles. The first-order valence-corrected chi connectivity index (χ1v) is 6.66. The third-order valence-electron chi connectivity index (χ3n) is 3.80. The number of carbonyl (C=O) groups excluding carboxylic acids is 1. The Labute approximate surface area is 97.9 Å². The fourth-order valence-electron chi connectivity index (χ4n) is 2.67. The Morgan fingerprint density at radius 3 is 2.69 bits per heavy atom. The van der Waals surface area contributed by atoms with Gasteiger partial charge in [-0.3, -0.25) is 4.79 Å². The molecule has 0 aromatic carbocycles. The summed E-state index contributed by atoms with van der Waals surface area (Å²) in [6, 6.07) is 0. The van der Waals surface area contributed by atoms with Gasteiger partial charge in [0.1, 0.15) is 0 Å². The van der Waals surface area contributed by atoms with E-state index in [0.717, 1.165) is 44.1 Å². The zero-order valence-corrected chi connectivity index (χ0v) is 10.2. The second kappa shape index (κ2) is 5.67. The van der Waals surface area contributed by atoms with Gasteiger partial charge >= 0.3 is 0 Å². The van der Waals surface area contributed by atoms with Crippen molar-refractivity contribution >= 4 is 5.91 Å². The van der Waals surface area contributed by atoms with E-state index in [9.17, 15) is 4.79 Å². The highest BCUT2D eigenvalue weighted by atomic mass is 16.5. The van der Waals surface area contributed by atoms with Crippen LogP contribution in [0.3, 0.4) is 0 Å². The molecule has 3 nitrogen and oxygen atoms in total. The van der Waals surface area contributed by atoms with Crippen LogP contribution in [0.25, 0.3) is 0 Å². The van der Waals surface area contributed by atoms with Crippen LogP contribution in [0.15, 0.2) is 0 Å². The van der Waals surface area contributed by atoms with Gasteiger partial charge in [0.25, 0.3) is 0 Å². The summed E-state index contributed by atoms with van der Waals surface area (Å²) in [5.41, 5.74) is 0. The summed E-state index contributed by atoms with van der Waals surface area (Å²) in [5, 5.41) is 2.98. The summed E-state index contributed by atoms with van der Waals surface area (Å²) in [6.07, 6.45) is 5.92. The van der Waals surface area contributed by atoms with Gasteiger partial charge in [0.2, 0.25) is 5.91 Å². The van der Waals surface area contributed by atoms with Crippen molar-refractivity contribution in [3.05, 3.63) is 0 Å². The number of amides is 1. The van der Waals surface area contributed by atoms with Gasteiger partial charge in [0.15, 0.2) is 0 Å². The monoisotopic (exact) mass is 225 g/mol. The van der Waals surface area contributed by atoms with Crippen molar-refractivity contribution in [1.82, 2.24) is 5.32 Å². The zero-order chi connectivity index (χ0) is 11.4. The van der Waals surface area contributed by atoms with Crippen LogP contribution in [0.2, 0.25) is 0 Å². The summed E-state index contributed by atoms with van der Waals surface area (Å²) in [4.78, 5) is 11.7. The third-order valence-corrected chi connectivity index (χ3v) is 3.80. The molecule has 2 atom stereocenters. The molecule has 0 spiro atoms. The number of ether oxygens (including phenoxy) is 1. The fraction of sp³-hybridized carbons (Fsp3) is 0.923. The molecule has 2 saturated carbocycles. The van der Waals surface area contributed by atoms with Crippen molar-refractivity contribution in [3.63, 3.8) is 0 Å². The van der Waals surface area contributed by atoms with Crippen molar-refractivity contribution in [1.29, 1.82) is 0 Å². The zero-order valence-electron chi connectivity index (χ0n) is 10.2. The lowest BCUT2D eigenvalue weighted by Gasteiger charge is -2.12. The Hall–Kier alpha value is -0.570. The quantitative estimate of drug-likeness (QED) is 0.673. The van der Waals surface area contributed by atoms with Gasteiger partial charge in [-0.1, -0.05) is 13.3 Å². The molecule has 0 saturated heterocycles. The molecule has 2 fully saturated rings. The number of unbranched alkanes of at least 4 members (excludes halogenated alkanes) is 1. The fourth-order valence-corrected chi connectivity index (χ4v) is 2.67. The minimum Gasteiger partial charge on any atom is -0.380 e. The van der Waals surface area contributed by atoms with Crippen molar-refractivity contribution in [3.8, 4) is 0 Å². The second-order valence-electron chi connectivity index (χ2n) is 5.18. The molecule has 0 aromatic rings. The Morgan fingerprint density at radius 2 is 2.00 bits per heavy atom. The number of fused-ring (bicyclic) bond motifs is 1. The predicted octanol–water partition coefficient (Wildman–Crippen LogP) is 1.97. The van der Waals surface area contributed by atoms with Gasteiger partial charge in [-0.25, -0.2) is 0 Å². The molecule has 92 valence electrons. The summed E-state index contributed by atoms with van der Waals surface area (Å²) in [6.45, 7) is 4.30. The van der Waals surface area contributed by atoms with Gasteiger partial charge in [-0.2, -0.15) is 0 Å². The van der Waals surface area contributed by atoms with Gasteiger partial charge in [0, 0.05) is 19.1 Å². The molecule has 0 radical (unpaired) electrons. The maximum atomic E-state index is 11.7. The second-order valence-corrected chi connectivity index (χ2v) is 5.18. The average molecular weight is 225 g/mol. The Morgan fingerprint density at radius 1 is 1.25 bits per heavy atom. The highest BCUT2D eigenvalue weighted by molar-refractivity contribution is 5.79. The lowest BCUT2D eigenvalue weighted by molar-refractivity contribution is -0.125. The summed E-state index contributed by atoms with van der Waals surface area (Å²) in [5.74, 6) is 2.33. The number of rotatable bonds is 7. The van der Waals surface area contributed by atoms with E-state index in [4.69, 9.17) is 4.74 Å². The highest BCUT2D eigenvalue weighted by Crippen LogP contribution is 2.54. The van der Waals surface area contributed by atoms with E-state index in [1.165, 1.54) is 6.42 Å². The summed E-state index contributed by atoms with van der Waals surface area (Å²) in [7, 11) is 0. The van der Waals surface area contributed by atoms with Crippen LogP contribution in [-0.2, 0) is 9.53 Å². The Balaban J connectivity index is 1.48. The van der Waals surface area contributed by atoms with E-state index in [1.54, 1.807) is 0 Å². The van der Waals surface area contributed by atoms with Crippen molar-refractivity contribution in [2.75, 3.05) is 19.8 Å². The molecule has 1 N–H and O–H groups in total. The maximum absolute atomic E-state index is 11.7. The molecule has 2 unspecified atom stereocenters. The molecule has 0 bridgehead atoms. The first-order valence-electron chi connectivity index (χ1n) is 6.66. The maximum Gasteiger partial charge on any atom is 0.223 e.